The zero-order valence-corrected chi connectivity index (χ0v) is 12.8. The van der Waals surface area contributed by atoms with E-state index >= 15 is 0 Å². The molecule has 2 unspecified atom stereocenters. The first-order valence-corrected chi connectivity index (χ1v) is 7.34. The normalized spacial score (nSPS) is 23.6. The van der Waals surface area contributed by atoms with Gasteiger partial charge >= 0.3 is 0 Å². The van der Waals surface area contributed by atoms with Crippen molar-refractivity contribution in [3.05, 3.63) is 0 Å². The van der Waals surface area contributed by atoms with E-state index in [0.717, 1.165) is 6.54 Å². The minimum atomic E-state index is 0.296. The van der Waals surface area contributed by atoms with Crippen LogP contribution in [-0.2, 0) is 0 Å². The maximum atomic E-state index is 3.75. The number of nitrogens with zero attached hydrogens (tertiary/aromatic N) is 1. The molecule has 0 bridgehead atoms. The number of likely N-dealkylation sites (N-methyl/N-ethyl adjacent to an activating group) is 1. The molecule has 1 rings (SSSR count). The quantitative estimate of drug-likeness (QED) is 0.793. The SMILES string of the molecule is CCNC(C(C)(C)C)C(C)(CC)N1CCCC1. The van der Waals surface area contributed by atoms with E-state index in [1.807, 2.05) is 0 Å². The molecule has 0 aliphatic carbocycles. The second-order valence-electron chi connectivity index (χ2n) is 6.76. The van der Waals surface area contributed by atoms with Gasteiger partial charge in [-0.1, -0.05) is 34.6 Å². The molecular formula is C15H32N2. The molecule has 102 valence electrons. The standard InChI is InChI=1S/C15H32N2/c1-7-15(6,17-11-9-10-12-17)13(16-8-2)14(3,4)5/h13,16H,7-12H2,1-6H3. The van der Waals surface area contributed by atoms with Gasteiger partial charge in [0.25, 0.3) is 0 Å². The third kappa shape index (κ3) is 3.23. The van der Waals surface area contributed by atoms with Crippen LogP contribution in [0.2, 0.25) is 0 Å². The van der Waals surface area contributed by atoms with Crippen LogP contribution in [0.1, 0.15) is 60.8 Å². The van der Waals surface area contributed by atoms with Crippen molar-refractivity contribution >= 4 is 0 Å². The zero-order valence-electron chi connectivity index (χ0n) is 12.8. The Hall–Kier alpha value is -0.0800. The monoisotopic (exact) mass is 240 g/mol. The fraction of sp³-hybridized carbons (Fsp3) is 1.00. The van der Waals surface area contributed by atoms with Crippen LogP contribution in [0.25, 0.3) is 0 Å². The van der Waals surface area contributed by atoms with E-state index in [0.29, 0.717) is 17.0 Å². The topological polar surface area (TPSA) is 15.3 Å². The van der Waals surface area contributed by atoms with Gasteiger partial charge in [0.15, 0.2) is 0 Å². The van der Waals surface area contributed by atoms with Crippen molar-refractivity contribution in [1.29, 1.82) is 0 Å². The summed E-state index contributed by atoms with van der Waals surface area (Å²) in [5.74, 6) is 0. The van der Waals surface area contributed by atoms with Crippen molar-refractivity contribution in [3.8, 4) is 0 Å². The van der Waals surface area contributed by atoms with Gasteiger partial charge in [-0.2, -0.15) is 0 Å². The third-order valence-electron chi connectivity index (χ3n) is 4.44. The minimum Gasteiger partial charge on any atom is -0.312 e. The maximum Gasteiger partial charge on any atom is 0.0336 e. The van der Waals surface area contributed by atoms with Crippen molar-refractivity contribution in [2.45, 2.75) is 72.4 Å². The fourth-order valence-electron chi connectivity index (χ4n) is 3.50. The number of nitrogens with one attached hydrogen (secondary N) is 1. The second-order valence-corrected chi connectivity index (χ2v) is 6.76. The lowest BCUT2D eigenvalue weighted by Crippen LogP contribution is -2.63. The molecule has 0 spiro atoms. The van der Waals surface area contributed by atoms with E-state index in [4.69, 9.17) is 0 Å². The first-order chi connectivity index (χ1) is 7.86. The van der Waals surface area contributed by atoms with E-state index in [-0.39, 0.29) is 0 Å². The van der Waals surface area contributed by atoms with Crippen molar-refractivity contribution < 1.29 is 0 Å². The lowest BCUT2D eigenvalue weighted by atomic mass is 9.73. The number of likely N-dealkylation sites (tertiary alicyclic amines) is 1. The van der Waals surface area contributed by atoms with Gasteiger partial charge in [-0.25, -0.2) is 0 Å². The van der Waals surface area contributed by atoms with Gasteiger partial charge in [0.2, 0.25) is 0 Å². The fourth-order valence-corrected chi connectivity index (χ4v) is 3.50. The van der Waals surface area contributed by atoms with E-state index in [1.165, 1.54) is 32.4 Å². The Kier molecular flexibility index (Phi) is 5.03. The summed E-state index contributed by atoms with van der Waals surface area (Å²) in [7, 11) is 0. The van der Waals surface area contributed by atoms with Crippen LogP contribution in [0.15, 0.2) is 0 Å². The molecule has 17 heavy (non-hydrogen) atoms. The van der Waals surface area contributed by atoms with Gasteiger partial charge in [0, 0.05) is 11.6 Å². The predicted octanol–water partition coefficient (Wildman–Crippen LogP) is 3.28. The smallest absolute Gasteiger partial charge is 0.0336 e. The van der Waals surface area contributed by atoms with Gasteiger partial charge in [0.1, 0.15) is 0 Å². The Morgan fingerprint density at radius 2 is 1.59 bits per heavy atom. The van der Waals surface area contributed by atoms with Gasteiger partial charge < -0.3 is 5.32 Å². The highest BCUT2D eigenvalue weighted by Crippen LogP contribution is 2.36. The van der Waals surface area contributed by atoms with Crippen LogP contribution >= 0.6 is 0 Å². The zero-order chi connectivity index (χ0) is 13.1. The molecule has 2 nitrogen and oxygen atoms in total. The van der Waals surface area contributed by atoms with Crippen LogP contribution in [0.5, 0.6) is 0 Å². The van der Waals surface area contributed by atoms with Gasteiger partial charge in [0.05, 0.1) is 0 Å². The third-order valence-corrected chi connectivity index (χ3v) is 4.44. The van der Waals surface area contributed by atoms with Crippen LogP contribution in [0, 0.1) is 5.41 Å². The molecule has 2 heteroatoms. The number of hydrogen-bond acceptors (Lipinski definition) is 2. The summed E-state index contributed by atoms with van der Waals surface area (Å²) in [4.78, 5) is 2.71. The van der Waals surface area contributed by atoms with Gasteiger partial charge in [-0.15, -0.1) is 0 Å². The van der Waals surface area contributed by atoms with E-state index in [1.54, 1.807) is 0 Å². The van der Waals surface area contributed by atoms with E-state index in [9.17, 15) is 0 Å². The molecule has 1 fully saturated rings. The summed E-state index contributed by atoms with van der Waals surface area (Å²) in [6.07, 6.45) is 3.97. The first kappa shape index (κ1) is 15.0. The lowest BCUT2D eigenvalue weighted by molar-refractivity contribution is 0.0355. The summed E-state index contributed by atoms with van der Waals surface area (Å²) < 4.78 is 0. The summed E-state index contributed by atoms with van der Waals surface area (Å²) in [6.45, 7) is 17.7. The van der Waals surface area contributed by atoms with Crippen LogP contribution in [-0.4, -0.2) is 36.1 Å². The van der Waals surface area contributed by atoms with Crippen LogP contribution < -0.4 is 5.32 Å². The molecule has 1 aliphatic rings. The summed E-state index contributed by atoms with van der Waals surface area (Å²) in [6, 6.07) is 0.558. The van der Waals surface area contributed by atoms with E-state index < -0.39 is 0 Å². The highest BCUT2D eigenvalue weighted by Gasteiger charge is 2.44. The molecule has 1 heterocycles. The molecule has 1 aliphatic heterocycles. The summed E-state index contributed by atoms with van der Waals surface area (Å²) in [5.41, 5.74) is 0.605. The van der Waals surface area contributed by atoms with Crippen molar-refractivity contribution in [1.82, 2.24) is 10.2 Å². The predicted molar refractivity (Wildman–Crippen MR) is 76.4 cm³/mol. The summed E-state index contributed by atoms with van der Waals surface area (Å²) >= 11 is 0. The molecule has 2 atom stereocenters. The van der Waals surface area contributed by atoms with Gasteiger partial charge in [-0.05, 0) is 51.2 Å². The minimum absolute atomic E-state index is 0.296. The molecule has 0 aromatic heterocycles. The molecule has 0 aromatic rings. The highest BCUT2D eigenvalue weighted by molar-refractivity contribution is 5.02. The average molecular weight is 240 g/mol. The molecule has 0 saturated carbocycles. The molecular weight excluding hydrogens is 208 g/mol. The second kappa shape index (κ2) is 5.71. The molecule has 1 saturated heterocycles. The number of hydrogen-bond donors (Lipinski definition) is 1. The van der Waals surface area contributed by atoms with Crippen molar-refractivity contribution in [3.63, 3.8) is 0 Å². The molecule has 0 amide bonds. The largest absolute Gasteiger partial charge is 0.312 e. The number of rotatable bonds is 5. The van der Waals surface area contributed by atoms with Gasteiger partial charge in [-0.3, -0.25) is 4.90 Å². The first-order valence-electron chi connectivity index (χ1n) is 7.34. The average Bonchev–Trinajstić information content (AvgIpc) is 2.77. The molecule has 0 aromatic carbocycles. The Bertz CT molecular complexity index is 226. The highest BCUT2D eigenvalue weighted by atomic mass is 15.2. The van der Waals surface area contributed by atoms with Crippen molar-refractivity contribution in [2.24, 2.45) is 5.41 Å². The Morgan fingerprint density at radius 1 is 1.06 bits per heavy atom. The maximum absolute atomic E-state index is 3.75. The van der Waals surface area contributed by atoms with Crippen LogP contribution in [0.3, 0.4) is 0 Å². The summed E-state index contributed by atoms with van der Waals surface area (Å²) in [5, 5.41) is 3.75. The van der Waals surface area contributed by atoms with Crippen molar-refractivity contribution in [2.75, 3.05) is 19.6 Å². The van der Waals surface area contributed by atoms with Crippen LogP contribution in [0.4, 0.5) is 0 Å². The van der Waals surface area contributed by atoms with E-state index in [2.05, 4.69) is 51.8 Å². The molecule has 0 radical (unpaired) electrons. The Labute approximate surface area is 108 Å². The molecule has 1 N–H and O–H groups in total. The Morgan fingerprint density at radius 3 is 1.94 bits per heavy atom. The Balaban J connectivity index is 2.93. The lowest BCUT2D eigenvalue weighted by Gasteiger charge is -2.50.